The second-order valence-electron chi connectivity index (χ2n) is 5.81. The van der Waals surface area contributed by atoms with Gasteiger partial charge in [0.2, 0.25) is 0 Å². The molecule has 0 saturated carbocycles. The Labute approximate surface area is 118 Å². The highest BCUT2D eigenvalue weighted by molar-refractivity contribution is 5.30. The van der Waals surface area contributed by atoms with Crippen LogP contribution in [0.4, 0.5) is 0 Å². The van der Waals surface area contributed by atoms with E-state index in [2.05, 4.69) is 64.2 Å². The molecule has 0 bridgehead atoms. The van der Waals surface area contributed by atoms with Gasteiger partial charge in [-0.1, -0.05) is 39.8 Å². The van der Waals surface area contributed by atoms with Crippen LogP contribution in [-0.2, 0) is 0 Å². The largest absolute Gasteiger partial charge is 0.486 e. The number of benzene rings is 1. The van der Waals surface area contributed by atoms with Gasteiger partial charge in [0.25, 0.3) is 0 Å². The van der Waals surface area contributed by atoms with Crippen molar-refractivity contribution in [2.24, 2.45) is 0 Å². The first-order valence-electron chi connectivity index (χ1n) is 7.50. The van der Waals surface area contributed by atoms with E-state index in [4.69, 9.17) is 4.74 Å². The maximum Gasteiger partial charge on any atom is 0.120 e. The lowest BCUT2D eigenvalue weighted by Crippen LogP contribution is -2.42. The zero-order valence-corrected chi connectivity index (χ0v) is 13.1. The summed E-state index contributed by atoms with van der Waals surface area (Å²) in [6.07, 6.45) is 2.15. The molecule has 0 fully saturated rings. The van der Waals surface area contributed by atoms with E-state index in [1.165, 1.54) is 5.56 Å². The average Bonchev–Trinajstić information content (AvgIpc) is 2.39. The van der Waals surface area contributed by atoms with Crippen LogP contribution in [0.25, 0.3) is 0 Å². The third-order valence-electron chi connectivity index (χ3n) is 3.56. The molecular weight excluding hydrogens is 234 g/mol. The van der Waals surface area contributed by atoms with Gasteiger partial charge in [-0.05, 0) is 49.9 Å². The van der Waals surface area contributed by atoms with Gasteiger partial charge in [0.1, 0.15) is 11.4 Å². The lowest BCUT2D eigenvalue weighted by molar-refractivity contribution is 0.0836. The Morgan fingerprint density at radius 2 is 2.00 bits per heavy atom. The smallest absolute Gasteiger partial charge is 0.120 e. The molecule has 1 aromatic rings. The maximum absolute atomic E-state index is 6.23. The van der Waals surface area contributed by atoms with E-state index in [0.29, 0.717) is 5.92 Å². The van der Waals surface area contributed by atoms with Gasteiger partial charge >= 0.3 is 0 Å². The highest BCUT2D eigenvalue weighted by atomic mass is 16.5. The summed E-state index contributed by atoms with van der Waals surface area (Å²) in [5.41, 5.74) is 1.20. The molecule has 0 aliphatic carbocycles. The summed E-state index contributed by atoms with van der Waals surface area (Å²) in [6, 6.07) is 8.47. The molecule has 0 aliphatic heterocycles. The summed E-state index contributed by atoms with van der Waals surface area (Å²) < 4.78 is 6.23. The van der Waals surface area contributed by atoms with Gasteiger partial charge in [-0.3, -0.25) is 0 Å². The second-order valence-corrected chi connectivity index (χ2v) is 5.81. The number of rotatable bonds is 8. The van der Waals surface area contributed by atoms with Crippen molar-refractivity contribution in [3.05, 3.63) is 29.8 Å². The third-order valence-corrected chi connectivity index (χ3v) is 3.56. The molecule has 0 radical (unpaired) electrons. The van der Waals surface area contributed by atoms with E-state index >= 15 is 0 Å². The minimum absolute atomic E-state index is 0.134. The van der Waals surface area contributed by atoms with Crippen molar-refractivity contribution in [3.63, 3.8) is 0 Å². The Bertz CT molecular complexity index is 375. The number of nitrogens with one attached hydrogen (secondary N) is 1. The number of hydrogen-bond donors (Lipinski definition) is 1. The molecule has 1 N–H and O–H groups in total. The molecule has 108 valence electrons. The quantitative estimate of drug-likeness (QED) is 0.704. The summed E-state index contributed by atoms with van der Waals surface area (Å²) in [6.45, 7) is 12.9. The van der Waals surface area contributed by atoms with Crippen LogP contribution in [0.2, 0.25) is 0 Å². The molecule has 0 amide bonds. The zero-order chi connectivity index (χ0) is 14.3. The van der Waals surface area contributed by atoms with Crippen LogP contribution in [0.15, 0.2) is 24.3 Å². The van der Waals surface area contributed by atoms with E-state index in [1.54, 1.807) is 0 Å². The van der Waals surface area contributed by atoms with Crippen LogP contribution in [0.5, 0.6) is 5.75 Å². The van der Waals surface area contributed by atoms with Crippen LogP contribution in [-0.4, -0.2) is 18.7 Å². The minimum Gasteiger partial charge on any atom is -0.486 e. The van der Waals surface area contributed by atoms with Crippen molar-refractivity contribution in [1.29, 1.82) is 0 Å². The Balaban J connectivity index is 2.71. The fraction of sp³-hybridized carbons (Fsp3) is 0.647. The van der Waals surface area contributed by atoms with E-state index in [0.717, 1.165) is 31.7 Å². The summed E-state index contributed by atoms with van der Waals surface area (Å²) >= 11 is 0. The monoisotopic (exact) mass is 263 g/mol. The van der Waals surface area contributed by atoms with Crippen molar-refractivity contribution in [2.45, 2.75) is 59.0 Å². The molecule has 1 rings (SSSR count). The molecule has 0 aromatic heterocycles. The molecule has 2 heteroatoms. The molecule has 0 aliphatic rings. The Morgan fingerprint density at radius 1 is 1.26 bits per heavy atom. The fourth-order valence-corrected chi connectivity index (χ4v) is 1.98. The van der Waals surface area contributed by atoms with E-state index in [1.807, 2.05) is 0 Å². The van der Waals surface area contributed by atoms with Crippen LogP contribution in [0, 0.1) is 0 Å². The molecular formula is C17H29NO. The lowest BCUT2D eigenvalue weighted by Gasteiger charge is -2.30. The van der Waals surface area contributed by atoms with Crippen LogP contribution < -0.4 is 10.1 Å². The maximum atomic E-state index is 6.23. The predicted octanol–water partition coefficient (Wildman–Crippen LogP) is 4.36. The molecule has 1 aromatic carbocycles. The number of ether oxygens (including phenoxy) is 1. The molecule has 1 atom stereocenters. The molecule has 0 spiro atoms. The minimum atomic E-state index is -0.134. The van der Waals surface area contributed by atoms with Crippen molar-refractivity contribution >= 4 is 0 Å². The predicted molar refractivity (Wildman–Crippen MR) is 83.0 cm³/mol. The van der Waals surface area contributed by atoms with E-state index in [9.17, 15) is 0 Å². The topological polar surface area (TPSA) is 21.3 Å². The highest BCUT2D eigenvalue weighted by Crippen LogP contribution is 2.25. The summed E-state index contributed by atoms with van der Waals surface area (Å²) in [5.74, 6) is 1.52. The normalized spacial score (nSPS) is 14.4. The Hall–Kier alpha value is -1.02. The van der Waals surface area contributed by atoms with Crippen LogP contribution in [0.1, 0.15) is 58.9 Å². The van der Waals surface area contributed by atoms with Crippen molar-refractivity contribution < 1.29 is 4.74 Å². The van der Waals surface area contributed by atoms with E-state index < -0.39 is 0 Å². The SMILES string of the molecule is CCCNCC(C)(CC)Oc1cccc(C(C)C)c1. The van der Waals surface area contributed by atoms with Crippen molar-refractivity contribution in [2.75, 3.05) is 13.1 Å². The molecule has 19 heavy (non-hydrogen) atoms. The second kappa shape index (κ2) is 7.54. The molecule has 0 heterocycles. The van der Waals surface area contributed by atoms with Crippen LogP contribution in [0.3, 0.4) is 0 Å². The Morgan fingerprint density at radius 3 is 2.58 bits per heavy atom. The van der Waals surface area contributed by atoms with Crippen molar-refractivity contribution in [3.8, 4) is 5.75 Å². The van der Waals surface area contributed by atoms with Gasteiger partial charge in [-0.2, -0.15) is 0 Å². The zero-order valence-electron chi connectivity index (χ0n) is 13.1. The fourth-order valence-electron chi connectivity index (χ4n) is 1.98. The van der Waals surface area contributed by atoms with Gasteiger partial charge in [-0.15, -0.1) is 0 Å². The molecule has 2 nitrogen and oxygen atoms in total. The van der Waals surface area contributed by atoms with Gasteiger partial charge < -0.3 is 10.1 Å². The molecule has 1 unspecified atom stereocenters. The Kier molecular flexibility index (Phi) is 6.36. The standard InChI is InChI=1S/C17H29NO/c1-6-11-18-13-17(5,7-2)19-16-10-8-9-15(12-16)14(3)4/h8-10,12,14,18H,6-7,11,13H2,1-5H3. The van der Waals surface area contributed by atoms with Gasteiger partial charge in [-0.25, -0.2) is 0 Å². The van der Waals surface area contributed by atoms with Gasteiger partial charge in [0.15, 0.2) is 0 Å². The van der Waals surface area contributed by atoms with E-state index in [-0.39, 0.29) is 5.60 Å². The number of hydrogen-bond acceptors (Lipinski definition) is 2. The first kappa shape index (κ1) is 16.0. The average molecular weight is 263 g/mol. The summed E-state index contributed by atoms with van der Waals surface area (Å²) in [4.78, 5) is 0. The highest BCUT2D eigenvalue weighted by Gasteiger charge is 2.23. The van der Waals surface area contributed by atoms with Crippen LogP contribution >= 0.6 is 0 Å². The van der Waals surface area contributed by atoms with Gasteiger partial charge in [0.05, 0.1) is 0 Å². The lowest BCUT2D eigenvalue weighted by atomic mass is 10.0. The summed E-state index contributed by atoms with van der Waals surface area (Å²) in [7, 11) is 0. The third kappa shape index (κ3) is 5.23. The van der Waals surface area contributed by atoms with Crippen molar-refractivity contribution in [1.82, 2.24) is 5.32 Å². The summed E-state index contributed by atoms with van der Waals surface area (Å²) in [5, 5.41) is 3.46. The first-order valence-corrected chi connectivity index (χ1v) is 7.50. The van der Waals surface area contributed by atoms with Gasteiger partial charge in [0, 0.05) is 6.54 Å². The molecule has 0 saturated heterocycles. The first-order chi connectivity index (χ1) is 9.00.